The van der Waals surface area contributed by atoms with Crippen LogP contribution in [0.5, 0.6) is 0 Å². The Balaban J connectivity index is 2.32. The third-order valence-corrected chi connectivity index (χ3v) is 4.09. The maximum atomic E-state index is 14.2. The van der Waals surface area contributed by atoms with E-state index in [0.29, 0.717) is 5.92 Å². The Morgan fingerprint density at radius 3 is 2.44 bits per heavy atom. The molecule has 18 heavy (non-hydrogen) atoms. The van der Waals surface area contributed by atoms with E-state index in [4.69, 9.17) is 5.84 Å². The predicted octanol–water partition coefficient (Wildman–Crippen LogP) is 3.53. The Morgan fingerprint density at radius 2 is 1.89 bits per heavy atom. The molecular formula is C15H23FN2. The normalized spacial score (nSPS) is 18.9. The zero-order valence-corrected chi connectivity index (χ0v) is 11.3. The molecule has 1 atom stereocenters. The fourth-order valence-corrected chi connectivity index (χ4v) is 3.24. The van der Waals surface area contributed by atoms with Crippen molar-refractivity contribution >= 4 is 0 Å². The van der Waals surface area contributed by atoms with Crippen molar-refractivity contribution in [2.75, 3.05) is 0 Å². The molecule has 2 rings (SSSR count). The molecule has 0 amide bonds. The molecule has 1 aliphatic rings. The fourth-order valence-electron chi connectivity index (χ4n) is 3.24. The van der Waals surface area contributed by atoms with Gasteiger partial charge in [-0.25, -0.2) is 4.39 Å². The van der Waals surface area contributed by atoms with Gasteiger partial charge < -0.3 is 0 Å². The first-order valence-corrected chi connectivity index (χ1v) is 6.86. The van der Waals surface area contributed by atoms with Crippen molar-refractivity contribution in [3.8, 4) is 0 Å². The highest BCUT2D eigenvalue weighted by Gasteiger charge is 2.27. The molecule has 1 fully saturated rings. The Kier molecular flexibility index (Phi) is 4.36. The molecule has 1 aromatic rings. The summed E-state index contributed by atoms with van der Waals surface area (Å²) < 4.78 is 14.2. The summed E-state index contributed by atoms with van der Waals surface area (Å²) in [4.78, 5) is 0. The quantitative estimate of drug-likeness (QED) is 0.636. The van der Waals surface area contributed by atoms with Gasteiger partial charge in [0, 0.05) is 5.56 Å². The summed E-state index contributed by atoms with van der Waals surface area (Å²) in [6.45, 7) is 3.89. The van der Waals surface area contributed by atoms with Gasteiger partial charge in [-0.15, -0.1) is 0 Å². The molecule has 0 radical (unpaired) electrons. The van der Waals surface area contributed by atoms with Gasteiger partial charge in [0.25, 0.3) is 0 Å². The monoisotopic (exact) mass is 250 g/mol. The highest BCUT2D eigenvalue weighted by atomic mass is 19.1. The molecule has 3 heteroatoms. The lowest BCUT2D eigenvalue weighted by atomic mass is 9.80. The van der Waals surface area contributed by atoms with E-state index in [-0.39, 0.29) is 11.9 Å². The molecule has 0 aromatic heterocycles. The first-order chi connectivity index (χ1) is 8.63. The number of hydrogen-bond acceptors (Lipinski definition) is 2. The number of benzene rings is 1. The molecule has 0 heterocycles. The minimum Gasteiger partial charge on any atom is -0.271 e. The average molecular weight is 250 g/mol. The third-order valence-electron chi connectivity index (χ3n) is 4.09. The van der Waals surface area contributed by atoms with Crippen molar-refractivity contribution in [1.82, 2.24) is 5.43 Å². The summed E-state index contributed by atoms with van der Waals surface area (Å²) >= 11 is 0. The second-order valence-electron chi connectivity index (χ2n) is 5.52. The van der Waals surface area contributed by atoms with Crippen molar-refractivity contribution < 1.29 is 4.39 Å². The van der Waals surface area contributed by atoms with Gasteiger partial charge in [0.15, 0.2) is 0 Å². The molecule has 1 aliphatic carbocycles. The van der Waals surface area contributed by atoms with Gasteiger partial charge in [-0.3, -0.25) is 11.3 Å². The molecular weight excluding hydrogens is 227 g/mol. The number of aryl methyl sites for hydroxylation is 2. The summed E-state index contributed by atoms with van der Waals surface area (Å²) in [5, 5.41) is 0. The Hall–Kier alpha value is -0.930. The lowest BCUT2D eigenvalue weighted by Crippen LogP contribution is -2.35. The highest BCUT2D eigenvalue weighted by Crippen LogP contribution is 2.36. The maximum Gasteiger partial charge on any atom is 0.128 e. The first kappa shape index (κ1) is 13.5. The number of nitrogens with one attached hydrogen (secondary N) is 1. The van der Waals surface area contributed by atoms with Crippen LogP contribution in [0.25, 0.3) is 0 Å². The van der Waals surface area contributed by atoms with E-state index in [1.54, 1.807) is 6.07 Å². The van der Waals surface area contributed by atoms with E-state index in [1.165, 1.54) is 19.3 Å². The van der Waals surface area contributed by atoms with E-state index in [1.807, 2.05) is 19.9 Å². The maximum absolute atomic E-state index is 14.2. The molecule has 1 unspecified atom stereocenters. The molecule has 0 bridgehead atoms. The van der Waals surface area contributed by atoms with Crippen LogP contribution in [0, 0.1) is 25.6 Å². The molecule has 1 aromatic carbocycles. The minimum atomic E-state index is -0.124. The predicted molar refractivity (Wildman–Crippen MR) is 72.5 cm³/mol. The lowest BCUT2D eigenvalue weighted by Gasteiger charge is -2.31. The van der Waals surface area contributed by atoms with Crippen molar-refractivity contribution in [3.05, 3.63) is 34.6 Å². The average Bonchev–Trinajstić information content (AvgIpc) is 2.34. The zero-order valence-electron chi connectivity index (χ0n) is 11.3. The van der Waals surface area contributed by atoms with Gasteiger partial charge in [0.2, 0.25) is 0 Å². The van der Waals surface area contributed by atoms with Crippen LogP contribution in [0.1, 0.15) is 54.8 Å². The molecule has 2 nitrogen and oxygen atoms in total. The number of hydrogen-bond donors (Lipinski definition) is 2. The van der Waals surface area contributed by atoms with Crippen LogP contribution < -0.4 is 11.3 Å². The molecule has 0 saturated heterocycles. The minimum absolute atomic E-state index is 0.0501. The largest absolute Gasteiger partial charge is 0.271 e. The fraction of sp³-hybridized carbons (Fsp3) is 0.600. The summed E-state index contributed by atoms with van der Waals surface area (Å²) in [7, 11) is 0. The van der Waals surface area contributed by atoms with Gasteiger partial charge in [-0.2, -0.15) is 0 Å². The van der Waals surface area contributed by atoms with E-state index >= 15 is 0 Å². The van der Waals surface area contributed by atoms with Gasteiger partial charge in [-0.05, 0) is 49.8 Å². The first-order valence-electron chi connectivity index (χ1n) is 6.86. The van der Waals surface area contributed by atoms with Crippen LogP contribution in [0.2, 0.25) is 0 Å². The van der Waals surface area contributed by atoms with E-state index in [0.717, 1.165) is 29.5 Å². The standard InChI is InChI=1S/C15H23FN2/c1-10-8-11(2)14(13(16)9-10)15(18-17)12-6-4-3-5-7-12/h8-9,12,15,18H,3-7,17H2,1-2H3. The number of halogens is 1. The molecule has 1 saturated carbocycles. The summed E-state index contributed by atoms with van der Waals surface area (Å²) in [5.74, 6) is 6.03. The highest BCUT2D eigenvalue weighted by molar-refractivity contribution is 5.34. The summed E-state index contributed by atoms with van der Waals surface area (Å²) in [6, 6.07) is 3.59. The smallest absolute Gasteiger partial charge is 0.128 e. The Labute approximate surface area is 109 Å². The van der Waals surface area contributed by atoms with Crippen LogP contribution in [0.4, 0.5) is 4.39 Å². The van der Waals surface area contributed by atoms with Crippen molar-refractivity contribution in [2.45, 2.75) is 52.0 Å². The van der Waals surface area contributed by atoms with Crippen molar-refractivity contribution in [3.63, 3.8) is 0 Å². The molecule has 0 spiro atoms. The number of rotatable bonds is 3. The summed E-state index contributed by atoms with van der Waals surface area (Å²) in [5.41, 5.74) is 5.58. The van der Waals surface area contributed by atoms with E-state index in [9.17, 15) is 4.39 Å². The molecule has 3 N–H and O–H groups in total. The van der Waals surface area contributed by atoms with Gasteiger partial charge in [0.05, 0.1) is 6.04 Å². The SMILES string of the molecule is Cc1cc(C)c(C(NN)C2CCCCC2)c(F)c1. The van der Waals surface area contributed by atoms with E-state index < -0.39 is 0 Å². The zero-order chi connectivity index (χ0) is 13.1. The van der Waals surface area contributed by atoms with Gasteiger partial charge in [-0.1, -0.05) is 25.3 Å². The molecule has 100 valence electrons. The number of nitrogens with two attached hydrogens (primary N) is 1. The van der Waals surface area contributed by atoms with Crippen LogP contribution >= 0.6 is 0 Å². The van der Waals surface area contributed by atoms with Crippen molar-refractivity contribution in [2.24, 2.45) is 11.8 Å². The van der Waals surface area contributed by atoms with Crippen LogP contribution in [-0.4, -0.2) is 0 Å². The summed E-state index contributed by atoms with van der Waals surface area (Å²) in [6.07, 6.45) is 6.04. The number of hydrazine groups is 1. The lowest BCUT2D eigenvalue weighted by molar-refractivity contribution is 0.268. The second kappa shape index (κ2) is 5.81. The third kappa shape index (κ3) is 2.73. The van der Waals surface area contributed by atoms with Crippen LogP contribution in [0.15, 0.2) is 12.1 Å². The Bertz CT molecular complexity index is 388. The topological polar surface area (TPSA) is 38.0 Å². The van der Waals surface area contributed by atoms with Gasteiger partial charge >= 0.3 is 0 Å². The Morgan fingerprint density at radius 1 is 1.22 bits per heavy atom. The van der Waals surface area contributed by atoms with Crippen LogP contribution in [0.3, 0.4) is 0 Å². The van der Waals surface area contributed by atoms with Gasteiger partial charge in [0.1, 0.15) is 5.82 Å². The second-order valence-corrected chi connectivity index (χ2v) is 5.52. The van der Waals surface area contributed by atoms with Crippen molar-refractivity contribution in [1.29, 1.82) is 0 Å². The molecule has 0 aliphatic heterocycles. The van der Waals surface area contributed by atoms with E-state index in [2.05, 4.69) is 5.43 Å². The van der Waals surface area contributed by atoms with Crippen LogP contribution in [-0.2, 0) is 0 Å².